The molecule has 0 aliphatic carbocycles. The number of amides is 1. The van der Waals surface area contributed by atoms with E-state index in [1.54, 1.807) is 0 Å². The topological polar surface area (TPSA) is 110 Å². The van der Waals surface area contributed by atoms with E-state index in [-0.39, 0.29) is 0 Å². The standard InChI is InChI=1S/C39H75NO5/c1-3-5-7-9-11-13-15-17-19-21-23-25-27-29-31-33-37(43)39(45)40-35(34-41)38(44)36(42)32-30-28-26-24-22-20-18-16-14-12-10-8-6-4-2/h19,21,24,26,35-38,41-44H,3-18,20,22-23,25,27-34H2,1-2H3,(H,40,45)/b21-19-,26-24+. The molecular formula is C39H75NO5. The number of hydrogen-bond donors (Lipinski definition) is 5. The van der Waals surface area contributed by atoms with Gasteiger partial charge in [-0.25, -0.2) is 0 Å². The maximum absolute atomic E-state index is 12.4. The first kappa shape index (κ1) is 43.8. The van der Waals surface area contributed by atoms with E-state index >= 15 is 0 Å². The second kappa shape index (κ2) is 34.1. The highest BCUT2D eigenvalue weighted by Gasteiger charge is 2.28. The van der Waals surface area contributed by atoms with Crippen molar-refractivity contribution in [1.29, 1.82) is 0 Å². The van der Waals surface area contributed by atoms with Gasteiger partial charge in [0.1, 0.15) is 12.2 Å². The zero-order valence-corrected chi connectivity index (χ0v) is 29.6. The Kier molecular flexibility index (Phi) is 33.2. The molecule has 0 radical (unpaired) electrons. The lowest BCUT2D eigenvalue weighted by molar-refractivity contribution is -0.132. The Morgan fingerprint density at radius 3 is 1.33 bits per heavy atom. The van der Waals surface area contributed by atoms with Crippen molar-refractivity contribution in [2.45, 2.75) is 212 Å². The average Bonchev–Trinajstić information content (AvgIpc) is 3.04. The predicted octanol–water partition coefficient (Wildman–Crippen LogP) is 9.23. The number of aliphatic hydroxyl groups excluding tert-OH is 4. The van der Waals surface area contributed by atoms with Crippen molar-refractivity contribution in [1.82, 2.24) is 5.32 Å². The molecule has 0 aromatic carbocycles. The molecule has 5 N–H and O–H groups in total. The molecule has 0 aromatic rings. The van der Waals surface area contributed by atoms with Gasteiger partial charge in [0, 0.05) is 0 Å². The fraction of sp³-hybridized carbons (Fsp3) is 0.872. The Morgan fingerprint density at radius 2 is 0.911 bits per heavy atom. The normalized spacial score (nSPS) is 14.7. The number of carbonyl (C=O) groups is 1. The van der Waals surface area contributed by atoms with Gasteiger partial charge in [-0.2, -0.15) is 0 Å². The van der Waals surface area contributed by atoms with E-state index in [2.05, 4.69) is 43.5 Å². The van der Waals surface area contributed by atoms with Crippen LogP contribution in [0.15, 0.2) is 24.3 Å². The minimum Gasteiger partial charge on any atom is -0.394 e. The quantitative estimate of drug-likeness (QED) is 0.0357. The first-order valence-corrected chi connectivity index (χ1v) is 19.2. The van der Waals surface area contributed by atoms with E-state index in [9.17, 15) is 25.2 Å². The van der Waals surface area contributed by atoms with Crippen molar-refractivity contribution in [2.75, 3.05) is 6.61 Å². The van der Waals surface area contributed by atoms with Crippen LogP contribution in [0.4, 0.5) is 0 Å². The van der Waals surface area contributed by atoms with Gasteiger partial charge in [-0.3, -0.25) is 4.79 Å². The molecule has 4 atom stereocenters. The number of carbonyl (C=O) groups excluding carboxylic acids is 1. The molecule has 6 heteroatoms. The summed E-state index contributed by atoms with van der Waals surface area (Å²) in [7, 11) is 0. The third kappa shape index (κ3) is 28.7. The van der Waals surface area contributed by atoms with Gasteiger partial charge < -0.3 is 25.7 Å². The molecule has 0 spiro atoms. The van der Waals surface area contributed by atoms with Gasteiger partial charge >= 0.3 is 0 Å². The molecule has 6 nitrogen and oxygen atoms in total. The Labute approximate surface area is 278 Å². The molecule has 0 aliphatic rings. The van der Waals surface area contributed by atoms with Crippen molar-refractivity contribution in [3.8, 4) is 0 Å². The highest BCUT2D eigenvalue weighted by molar-refractivity contribution is 5.80. The number of aliphatic hydroxyl groups is 4. The monoisotopic (exact) mass is 638 g/mol. The number of rotatable bonds is 34. The second-order valence-electron chi connectivity index (χ2n) is 13.3. The summed E-state index contributed by atoms with van der Waals surface area (Å²) in [5.74, 6) is -0.604. The molecule has 0 saturated carbocycles. The largest absolute Gasteiger partial charge is 0.394 e. The van der Waals surface area contributed by atoms with Crippen LogP contribution < -0.4 is 5.32 Å². The van der Waals surface area contributed by atoms with Gasteiger partial charge in [-0.1, -0.05) is 147 Å². The third-order valence-corrected chi connectivity index (χ3v) is 8.88. The van der Waals surface area contributed by atoms with E-state index in [1.807, 2.05) is 0 Å². The lowest BCUT2D eigenvalue weighted by atomic mass is 10.00. The van der Waals surface area contributed by atoms with E-state index in [0.29, 0.717) is 12.8 Å². The van der Waals surface area contributed by atoms with Crippen LogP contribution in [0, 0.1) is 0 Å². The predicted molar refractivity (Wildman–Crippen MR) is 191 cm³/mol. The Bertz CT molecular complexity index is 682. The lowest BCUT2D eigenvalue weighted by Gasteiger charge is -2.27. The highest BCUT2D eigenvalue weighted by Crippen LogP contribution is 2.14. The Morgan fingerprint density at radius 1 is 0.533 bits per heavy atom. The van der Waals surface area contributed by atoms with Gasteiger partial charge in [-0.05, 0) is 64.2 Å². The zero-order valence-electron chi connectivity index (χ0n) is 29.6. The van der Waals surface area contributed by atoms with Gasteiger partial charge in [0.2, 0.25) is 5.91 Å². The lowest BCUT2D eigenvalue weighted by Crippen LogP contribution is -2.53. The van der Waals surface area contributed by atoms with Crippen molar-refractivity contribution < 1.29 is 25.2 Å². The van der Waals surface area contributed by atoms with Gasteiger partial charge in [0.05, 0.1) is 18.8 Å². The summed E-state index contributed by atoms with van der Waals surface area (Å²) < 4.78 is 0. The number of nitrogens with one attached hydrogen (secondary N) is 1. The van der Waals surface area contributed by atoms with Crippen molar-refractivity contribution in [3.05, 3.63) is 24.3 Å². The molecule has 0 saturated heterocycles. The fourth-order valence-electron chi connectivity index (χ4n) is 5.75. The van der Waals surface area contributed by atoms with E-state index < -0.39 is 36.9 Å². The number of hydrogen-bond acceptors (Lipinski definition) is 5. The molecule has 266 valence electrons. The molecule has 0 heterocycles. The summed E-state index contributed by atoms with van der Waals surface area (Å²) in [6.45, 7) is 4.01. The summed E-state index contributed by atoms with van der Waals surface area (Å²) in [6, 6.07) is -1.00. The highest BCUT2D eigenvalue weighted by atomic mass is 16.3. The van der Waals surface area contributed by atoms with Crippen LogP contribution in [0.25, 0.3) is 0 Å². The second-order valence-corrected chi connectivity index (χ2v) is 13.3. The summed E-state index contributed by atoms with van der Waals surface area (Å²) in [6.07, 6.45) is 36.3. The van der Waals surface area contributed by atoms with Crippen LogP contribution in [-0.2, 0) is 4.79 Å². The van der Waals surface area contributed by atoms with Gasteiger partial charge in [0.25, 0.3) is 0 Å². The zero-order chi connectivity index (χ0) is 33.2. The smallest absolute Gasteiger partial charge is 0.249 e. The summed E-state index contributed by atoms with van der Waals surface area (Å²) in [5.41, 5.74) is 0. The van der Waals surface area contributed by atoms with Crippen LogP contribution in [0.2, 0.25) is 0 Å². The van der Waals surface area contributed by atoms with E-state index in [1.165, 1.54) is 109 Å². The Balaban J connectivity index is 3.87. The molecule has 0 aliphatic heterocycles. The first-order chi connectivity index (χ1) is 22.0. The molecule has 0 bridgehead atoms. The van der Waals surface area contributed by atoms with E-state index in [4.69, 9.17) is 0 Å². The van der Waals surface area contributed by atoms with E-state index in [0.717, 1.165) is 51.4 Å². The van der Waals surface area contributed by atoms with Crippen molar-refractivity contribution in [2.24, 2.45) is 0 Å². The fourth-order valence-corrected chi connectivity index (χ4v) is 5.75. The summed E-state index contributed by atoms with van der Waals surface area (Å²) in [5, 5.41) is 43.4. The Hall–Kier alpha value is -1.21. The van der Waals surface area contributed by atoms with Crippen LogP contribution in [-0.4, -0.2) is 57.3 Å². The average molecular weight is 638 g/mol. The van der Waals surface area contributed by atoms with Crippen molar-refractivity contribution >= 4 is 5.91 Å². The number of allylic oxidation sites excluding steroid dienone is 4. The van der Waals surface area contributed by atoms with Crippen LogP contribution in [0.3, 0.4) is 0 Å². The summed E-state index contributed by atoms with van der Waals surface area (Å²) >= 11 is 0. The van der Waals surface area contributed by atoms with Crippen molar-refractivity contribution in [3.63, 3.8) is 0 Å². The maximum atomic E-state index is 12.4. The molecular weight excluding hydrogens is 562 g/mol. The third-order valence-electron chi connectivity index (χ3n) is 8.88. The molecule has 4 unspecified atom stereocenters. The molecule has 0 fully saturated rings. The number of unbranched alkanes of at least 4 members (excludes halogenated alkanes) is 21. The molecule has 0 rings (SSSR count). The van der Waals surface area contributed by atoms with Gasteiger partial charge in [0.15, 0.2) is 0 Å². The van der Waals surface area contributed by atoms with Crippen LogP contribution in [0.5, 0.6) is 0 Å². The molecule has 1 amide bonds. The minimum absolute atomic E-state index is 0.349. The van der Waals surface area contributed by atoms with Gasteiger partial charge in [-0.15, -0.1) is 0 Å². The molecule has 0 aromatic heterocycles. The minimum atomic E-state index is -1.28. The van der Waals surface area contributed by atoms with Crippen LogP contribution >= 0.6 is 0 Å². The molecule has 45 heavy (non-hydrogen) atoms. The first-order valence-electron chi connectivity index (χ1n) is 19.2. The summed E-state index contributed by atoms with van der Waals surface area (Å²) in [4.78, 5) is 12.4. The maximum Gasteiger partial charge on any atom is 0.249 e. The SMILES string of the molecule is CCCCCCCCC/C=C\CCCCCCC(O)C(=O)NC(CO)C(O)C(O)CCC/C=C/CCCCCCCCCCC. The van der Waals surface area contributed by atoms with Crippen LogP contribution in [0.1, 0.15) is 187 Å².